The maximum absolute atomic E-state index is 12.3. The summed E-state index contributed by atoms with van der Waals surface area (Å²) >= 11 is 0. The molecule has 0 bridgehead atoms. The molecule has 1 aliphatic rings. The Hall–Kier alpha value is -1.88. The molecule has 0 aromatic heterocycles. The Bertz CT molecular complexity index is 528. The van der Waals surface area contributed by atoms with Gasteiger partial charge in [-0.3, -0.25) is 9.59 Å². The van der Waals surface area contributed by atoms with E-state index in [2.05, 4.69) is 17.6 Å². The molecule has 1 saturated heterocycles. The number of piperidine rings is 1. The summed E-state index contributed by atoms with van der Waals surface area (Å²) < 4.78 is 0. The van der Waals surface area contributed by atoms with Crippen LogP contribution in [0.2, 0.25) is 0 Å². The molecular formula is C15H21N3O2. The van der Waals surface area contributed by atoms with Gasteiger partial charge in [-0.15, -0.1) is 0 Å². The molecule has 4 N–H and O–H groups in total. The molecule has 1 aliphatic heterocycles. The lowest BCUT2D eigenvalue weighted by Gasteiger charge is -2.27. The minimum Gasteiger partial charge on any atom is -0.366 e. The van der Waals surface area contributed by atoms with Crippen molar-refractivity contribution in [1.29, 1.82) is 0 Å². The zero-order valence-corrected chi connectivity index (χ0v) is 11.9. The van der Waals surface area contributed by atoms with Gasteiger partial charge in [0.05, 0.1) is 0 Å². The second kappa shape index (κ2) is 6.05. The number of anilines is 1. The summed E-state index contributed by atoms with van der Waals surface area (Å²) in [6.07, 6.45) is 1.67. The molecule has 0 saturated carbocycles. The van der Waals surface area contributed by atoms with Crippen LogP contribution < -0.4 is 16.4 Å². The number of carbonyl (C=O) groups excluding carboxylic acids is 2. The fraction of sp³-hybridized carbons (Fsp3) is 0.467. The third-order valence-corrected chi connectivity index (χ3v) is 3.77. The van der Waals surface area contributed by atoms with Crippen molar-refractivity contribution < 1.29 is 9.59 Å². The van der Waals surface area contributed by atoms with Gasteiger partial charge in [0.2, 0.25) is 11.8 Å². The monoisotopic (exact) mass is 275 g/mol. The molecule has 5 nitrogen and oxygen atoms in total. The van der Waals surface area contributed by atoms with Crippen molar-refractivity contribution >= 4 is 17.5 Å². The van der Waals surface area contributed by atoms with Crippen LogP contribution >= 0.6 is 0 Å². The van der Waals surface area contributed by atoms with Gasteiger partial charge in [-0.05, 0) is 50.9 Å². The maximum atomic E-state index is 12.3. The molecule has 2 rings (SSSR count). The van der Waals surface area contributed by atoms with Gasteiger partial charge in [0, 0.05) is 23.2 Å². The van der Waals surface area contributed by atoms with E-state index in [0.717, 1.165) is 24.9 Å². The van der Waals surface area contributed by atoms with E-state index in [1.807, 2.05) is 6.92 Å². The van der Waals surface area contributed by atoms with E-state index in [9.17, 15) is 9.59 Å². The molecule has 20 heavy (non-hydrogen) atoms. The predicted molar refractivity (Wildman–Crippen MR) is 78.5 cm³/mol. The Morgan fingerprint density at radius 1 is 1.40 bits per heavy atom. The van der Waals surface area contributed by atoms with Crippen molar-refractivity contribution in [1.82, 2.24) is 5.32 Å². The average Bonchev–Trinajstić information content (AvgIpc) is 2.41. The molecule has 1 aromatic carbocycles. The normalized spacial score (nSPS) is 22.3. The summed E-state index contributed by atoms with van der Waals surface area (Å²) in [5.41, 5.74) is 7.26. The van der Waals surface area contributed by atoms with Crippen LogP contribution in [0.25, 0.3) is 0 Å². The molecule has 0 unspecified atom stereocenters. The van der Waals surface area contributed by atoms with Gasteiger partial charge in [0.1, 0.15) is 0 Å². The summed E-state index contributed by atoms with van der Waals surface area (Å²) in [7, 11) is 0. The fourth-order valence-corrected chi connectivity index (χ4v) is 2.51. The number of amides is 2. The van der Waals surface area contributed by atoms with E-state index >= 15 is 0 Å². The third-order valence-electron chi connectivity index (χ3n) is 3.77. The smallest absolute Gasteiger partial charge is 0.248 e. The number of carbonyl (C=O) groups is 2. The zero-order chi connectivity index (χ0) is 14.7. The van der Waals surface area contributed by atoms with Crippen LogP contribution in [0.4, 0.5) is 5.69 Å². The van der Waals surface area contributed by atoms with E-state index in [0.29, 0.717) is 17.3 Å². The van der Waals surface area contributed by atoms with Gasteiger partial charge < -0.3 is 16.4 Å². The molecular weight excluding hydrogens is 254 g/mol. The van der Waals surface area contributed by atoms with Gasteiger partial charge >= 0.3 is 0 Å². The van der Waals surface area contributed by atoms with Crippen LogP contribution in [-0.2, 0) is 4.79 Å². The minimum atomic E-state index is -0.490. The molecule has 0 radical (unpaired) electrons. The summed E-state index contributed by atoms with van der Waals surface area (Å²) in [6.45, 7) is 4.84. The average molecular weight is 275 g/mol. The number of aryl methyl sites for hydroxylation is 1. The van der Waals surface area contributed by atoms with E-state index in [4.69, 9.17) is 5.73 Å². The molecule has 108 valence electrons. The second-order valence-electron chi connectivity index (χ2n) is 5.46. The zero-order valence-electron chi connectivity index (χ0n) is 11.9. The van der Waals surface area contributed by atoms with Crippen molar-refractivity contribution in [3.05, 3.63) is 29.3 Å². The first-order valence-electron chi connectivity index (χ1n) is 6.92. The second-order valence-corrected chi connectivity index (χ2v) is 5.46. The Morgan fingerprint density at radius 2 is 2.15 bits per heavy atom. The summed E-state index contributed by atoms with van der Waals surface area (Å²) in [5, 5.41) is 6.25. The molecule has 5 heteroatoms. The first kappa shape index (κ1) is 14.5. The number of rotatable bonds is 3. The van der Waals surface area contributed by atoms with Crippen molar-refractivity contribution in [3.8, 4) is 0 Å². The molecule has 1 heterocycles. The number of nitrogens with two attached hydrogens (primary N) is 1. The molecule has 0 aliphatic carbocycles. The Morgan fingerprint density at radius 3 is 2.80 bits per heavy atom. The van der Waals surface area contributed by atoms with E-state index in [1.54, 1.807) is 18.2 Å². The Balaban J connectivity index is 2.10. The van der Waals surface area contributed by atoms with Crippen LogP contribution in [0, 0.1) is 12.8 Å². The lowest BCUT2D eigenvalue weighted by Crippen LogP contribution is -2.40. The molecule has 2 amide bonds. The van der Waals surface area contributed by atoms with Crippen LogP contribution in [-0.4, -0.2) is 24.4 Å². The molecule has 2 atom stereocenters. The Labute approximate surface area is 118 Å². The van der Waals surface area contributed by atoms with E-state index in [-0.39, 0.29) is 11.8 Å². The third kappa shape index (κ3) is 3.36. The van der Waals surface area contributed by atoms with Gasteiger partial charge in [0.25, 0.3) is 0 Å². The van der Waals surface area contributed by atoms with Crippen LogP contribution in [0.3, 0.4) is 0 Å². The largest absolute Gasteiger partial charge is 0.366 e. The minimum absolute atomic E-state index is 0.0166. The standard InChI is InChI=1S/C15H21N3O2/c1-9-3-4-11(14(16)19)8-13(9)18-15(20)12-5-6-17-10(2)7-12/h3-4,8,10,12,17H,5-7H2,1-2H3,(H2,16,19)(H,18,20)/t10-,12-/m0/s1. The van der Waals surface area contributed by atoms with E-state index in [1.165, 1.54) is 0 Å². The van der Waals surface area contributed by atoms with Crippen LogP contribution in [0.15, 0.2) is 18.2 Å². The highest BCUT2D eigenvalue weighted by Crippen LogP contribution is 2.21. The van der Waals surface area contributed by atoms with Crippen LogP contribution in [0.5, 0.6) is 0 Å². The van der Waals surface area contributed by atoms with Crippen molar-refractivity contribution in [2.24, 2.45) is 11.7 Å². The van der Waals surface area contributed by atoms with Gasteiger partial charge in [0.15, 0.2) is 0 Å². The van der Waals surface area contributed by atoms with Gasteiger partial charge in [-0.25, -0.2) is 0 Å². The SMILES string of the molecule is Cc1ccc(C(N)=O)cc1NC(=O)[C@H]1CCN[C@@H](C)C1. The van der Waals surface area contributed by atoms with E-state index < -0.39 is 5.91 Å². The Kier molecular flexibility index (Phi) is 4.39. The lowest BCUT2D eigenvalue weighted by atomic mass is 9.92. The molecule has 1 fully saturated rings. The number of hydrogen-bond acceptors (Lipinski definition) is 3. The first-order valence-corrected chi connectivity index (χ1v) is 6.92. The highest BCUT2D eigenvalue weighted by molar-refractivity contribution is 5.97. The summed E-state index contributed by atoms with van der Waals surface area (Å²) in [4.78, 5) is 23.5. The molecule has 1 aromatic rings. The highest BCUT2D eigenvalue weighted by atomic mass is 16.2. The van der Waals surface area contributed by atoms with Crippen molar-refractivity contribution in [2.75, 3.05) is 11.9 Å². The van der Waals surface area contributed by atoms with Crippen molar-refractivity contribution in [2.45, 2.75) is 32.7 Å². The van der Waals surface area contributed by atoms with Crippen molar-refractivity contribution in [3.63, 3.8) is 0 Å². The first-order chi connectivity index (χ1) is 9.47. The lowest BCUT2D eigenvalue weighted by molar-refractivity contribution is -0.120. The molecule has 0 spiro atoms. The number of benzene rings is 1. The summed E-state index contributed by atoms with van der Waals surface area (Å²) in [5.74, 6) is -0.457. The number of hydrogen-bond donors (Lipinski definition) is 3. The quantitative estimate of drug-likeness (QED) is 0.780. The summed E-state index contributed by atoms with van der Waals surface area (Å²) in [6, 6.07) is 5.46. The topological polar surface area (TPSA) is 84.2 Å². The number of nitrogens with one attached hydrogen (secondary N) is 2. The predicted octanol–water partition coefficient (Wildman–Crippen LogP) is 1.42. The number of primary amides is 1. The van der Waals surface area contributed by atoms with Crippen LogP contribution in [0.1, 0.15) is 35.7 Å². The maximum Gasteiger partial charge on any atom is 0.248 e. The van der Waals surface area contributed by atoms with Gasteiger partial charge in [-0.2, -0.15) is 0 Å². The highest BCUT2D eigenvalue weighted by Gasteiger charge is 2.25. The fourth-order valence-electron chi connectivity index (χ4n) is 2.51. The van der Waals surface area contributed by atoms with Gasteiger partial charge in [-0.1, -0.05) is 6.07 Å².